The lowest BCUT2D eigenvalue weighted by Crippen LogP contribution is -1.80. The average Bonchev–Trinajstić information content (AvgIpc) is 2.59. The zero-order valence-corrected chi connectivity index (χ0v) is 6.94. The SMILES string of the molecule is COc1nc2c(C#N)cccc2o1. The van der Waals surface area contributed by atoms with E-state index in [0.717, 1.165) is 0 Å². The Hall–Kier alpha value is -2.02. The van der Waals surface area contributed by atoms with Crippen LogP contribution < -0.4 is 4.74 Å². The van der Waals surface area contributed by atoms with Crippen molar-refractivity contribution in [2.45, 2.75) is 0 Å². The van der Waals surface area contributed by atoms with Crippen molar-refractivity contribution in [2.24, 2.45) is 0 Å². The summed E-state index contributed by atoms with van der Waals surface area (Å²) < 4.78 is 9.99. The molecule has 4 heteroatoms. The van der Waals surface area contributed by atoms with Crippen LogP contribution in [0.15, 0.2) is 22.6 Å². The Morgan fingerprint density at radius 2 is 2.38 bits per heavy atom. The summed E-state index contributed by atoms with van der Waals surface area (Å²) in [5.41, 5.74) is 1.60. The minimum Gasteiger partial charge on any atom is -0.453 e. The van der Waals surface area contributed by atoms with Gasteiger partial charge >= 0.3 is 6.08 Å². The van der Waals surface area contributed by atoms with Gasteiger partial charge in [0.1, 0.15) is 11.6 Å². The van der Waals surface area contributed by atoms with Gasteiger partial charge in [-0.15, -0.1) is 0 Å². The second-order valence-corrected chi connectivity index (χ2v) is 2.45. The molecule has 0 N–H and O–H groups in total. The molecule has 2 aromatic rings. The molecule has 0 saturated heterocycles. The van der Waals surface area contributed by atoms with Gasteiger partial charge in [0.05, 0.1) is 12.7 Å². The number of nitriles is 1. The molecule has 0 aliphatic heterocycles. The van der Waals surface area contributed by atoms with Gasteiger partial charge in [0.25, 0.3) is 0 Å². The molecule has 0 fully saturated rings. The largest absolute Gasteiger partial charge is 0.453 e. The van der Waals surface area contributed by atoms with E-state index in [0.29, 0.717) is 16.7 Å². The van der Waals surface area contributed by atoms with Crippen molar-refractivity contribution < 1.29 is 9.15 Å². The van der Waals surface area contributed by atoms with Crippen LogP contribution in [0, 0.1) is 11.3 Å². The third-order valence-corrected chi connectivity index (χ3v) is 1.69. The Labute approximate surface area is 74.4 Å². The molecule has 1 aromatic heterocycles. The van der Waals surface area contributed by atoms with Crippen LogP contribution in [0.5, 0.6) is 6.08 Å². The smallest absolute Gasteiger partial charge is 0.394 e. The fourth-order valence-electron chi connectivity index (χ4n) is 1.11. The van der Waals surface area contributed by atoms with E-state index in [1.807, 2.05) is 6.07 Å². The summed E-state index contributed by atoms with van der Waals surface area (Å²) in [5, 5.41) is 8.75. The number of hydrogen-bond acceptors (Lipinski definition) is 4. The van der Waals surface area contributed by atoms with Gasteiger partial charge in [0.15, 0.2) is 5.58 Å². The van der Waals surface area contributed by atoms with Crippen molar-refractivity contribution in [3.05, 3.63) is 23.8 Å². The molecule has 0 atom stereocenters. The van der Waals surface area contributed by atoms with E-state index in [2.05, 4.69) is 4.98 Å². The highest BCUT2D eigenvalue weighted by molar-refractivity contribution is 5.79. The summed E-state index contributed by atoms with van der Waals surface area (Å²) in [4.78, 5) is 3.99. The number of aromatic nitrogens is 1. The summed E-state index contributed by atoms with van der Waals surface area (Å²) in [7, 11) is 1.47. The molecule has 1 aromatic carbocycles. The van der Waals surface area contributed by atoms with E-state index in [4.69, 9.17) is 14.4 Å². The number of fused-ring (bicyclic) bond motifs is 1. The summed E-state index contributed by atoms with van der Waals surface area (Å²) in [5.74, 6) is 0. The molecule has 0 aliphatic rings. The first-order valence-corrected chi connectivity index (χ1v) is 3.69. The van der Waals surface area contributed by atoms with Crippen molar-refractivity contribution in [3.63, 3.8) is 0 Å². The third-order valence-electron chi connectivity index (χ3n) is 1.69. The second-order valence-electron chi connectivity index (χ2n) is 2.45. The average molecular weight is 174 g/mol. The topological polar surface area (TPSA) is 59.0 Å². The van der Waals surface area contributed by atoms with E-state index in [1.165, 1.54) is 7.11 Å². The highest BCUT2D eigenvalue weighted by Gasteiger charge is 2.08. The molecule has 4 nitrogen and oxygen atoms in total. The van der Waals surface area contributed by atoms with Gasteiger partial charge in [-0.2, -0.15) is 10.2 Å². The first-order chi connectivity index (χ1) is 6.35. The monoisotopic (exact) mass is 174 g/mol. The summed E-state index contributed by atoms with van der Waals surface area (Å²) in [6.45, 7) is 0. The van der Waals surface area contributed by atoms with Gasteiger partial charge in [-0.25, -0.2) is 0 Å². The van der Waals surface area contributed by atoms with Crippen LogP contribution in [0.2, 0.25) is 0 Å². The minimum atomic E-state index is 0.178. The van der Waals surface area contributed by atoms with E-state index < -0.39 is 0 Å². The molecule has 2 rings (SSSR count). The predicted octanol–water partition coefficient (Wildman–Crippen LogP) is 1.71. The standard InChI is InChI=1S/C9H6N2O2/c1-12-9-11-8-6(5-10)3-2-4-7(8)13-9/h2-4H,1H3. The van der Waals surface area contributed by atoms with Crippen LogP contribution in [0.25, 0.3) is 11.1 Å². The van der Waals surface area contributed by atoms with Crippen molar-refractivity contribution in [1.29, 1.82) is 5.26 Å². The van der Waals surface area contributed by atoms with E-state index in [9.17, 15) is 0 Å². The number of rotatable bonds is 1. The lowest BCUT2D eigenvalue weighted by atomic mass is 10.2. The molecule has 0 bridgehead atoms. The molecule has 0 radical (unpaired) electrons. The maximum Gasteiger partial charge on any atom is 0.394 e. The van der Waals surface area contributed by atoms with Crippen LogP contribution in [0.3, 0.4) is 0 Å². The first-order valence-electron chi connectivity index (χ1n) is 3.69. The zero-order chi connectivity index (χ0) is 9.26. The van der Waals surface area contributed by atoms with Crippen LogP contribution in [0.4, 0.5) is 0 Å². The highest BCUT2D eigenvalue weighted by Crippen LogP contribution is 2.22. The molecule has 0 aliphatic carbocycles. The Balaban J connectivity index is 2.76. The number of oxazole rings is 1. The maximum absolute atomic E-state index is 8.75. The summed E-state index contributed by atoms with van der Waals surface area (Å²) >= 11 is 0. The number of para-hydroxylation sites is 1. The molecular formula is C9H6N2O2. The molecular weight excluding hydrogens is 168 g/mol. The number of methoxy groups -OCH3 is 1. The molecule has 0 spiro atoms. The van der Waals surface area contributed by atoms with Crippen molar-refractivity contribution in [3.8, 4) is 12.1 Å². The fourth-order valence-corrected chi connectivity index (χ4v) is 1.11. The maximum atomic E-state index is 8.75. The Morgan fingerprint density at radius 1 is 1.54 bits per heavy atom. The lowest BCUT2D eigenvalue weighted by molar-refractivity contribution is 0.299. The van der Waals surface area contributed by atoms with E-state index in [-0.39, 0.29) is 6.08 Å². The third kappa shape index (κ3) is 1.11. The van der Waals surface area contributed by atoms with Gasteiger partial charge in [-0.05, 0) is 12.1 Å². The van der Waals surface area contributed by atoms with Crippen LogP contribution in [-0.2, 0) is 0 Å². The van der Waals surface area contributed by atoms with Gasteiger partial charge in [0.2, 0.25) is 0 Å². The Bertz CT molecular complexity index is 482. The molecule has 64 valence electrons. The van der Waals surface area contributed by atoms with Gasteiger partial charge < -0.3 is 9.15 Å². The summed E-state index contributed by atoms with van der Waals surface area (Å²) in [6, 6.07) is 7.20. The number of nitrogens with zero attached hydrogens (tertiary/aromatic N) is 2. The van der Waals surface area contributed by atoms with Gasteiger partial charge in [-0.3, -0.25) is 0 Å². The van der Waals surface area contributed by atoms with Crippen molar-refractivity contribution >= 4 is 11.1 Å². The van der Waals surface area contributed by atoms with Crippen molar-refractivity contribution in [2.75, 3.05) is 7.11 Å². The Kier molecular flexibility index (Phi) is 1.64. The fraction of sp³-hybridized carbons (Fsp3) is 0.111. The van der Waals surface area contributed by atoms with Crippen molar-refractivity contribution in [1.82, 2.24) is 4.98 Å². The molecule has 1 heterocycles. The van der Waals surface area contributed by atoms with Crippen LogP contribution in [0.1, 0.15) is 5.56 Å². The normalized spacial score (nSPS) is 9.85. The van der Waals surface area contributed by atoms with Gasteiger partial charge in [0, 0.05) is 0 Å². The zero-order valence-electron chi connectivity index (χ0n) is 6.94. The van der Waals surface area contributed by atoms with E-state index in [1.54, 1.807) is 18.2 Å². The number of benzene rings is 1. The molecule has 0 amide bonds. The molecule has 0 unspecified atom stereocenters. The predicted molar refractivity (Wildman–Crippen MR) is 45.3 cm³/mol. The molecule has 13 heavy (non-hydrogen) atoms. The quantitative estimate of drug-likeness (QED) is 0.660. The van der Waals surface area contributed by atoms with Crippen LogP contribution in [-0.4, -0.2) is 12.1 Å². The van der Waals surface area contributed by atoms with Crippen LogP contribution >= 0.6 is 0 Å². The minimum absolute atomic E-state index is 0.178. The second kappa shape index (κ2) is 2.79. The Morgan fingerprint density at radius 3 is 3.08 bits per heavy atom. The number of hydrogen-bond donors (Lipinski definition) is 0. The van der Waals surface area contributed by atoms with E-state index >= 15 is 0 Å². The summed E-state index contributed by atoms with van der Waals surface area (Å²) in [6.07, 6.45) is 0.178. The first kappa shape index (κ1) is 7.62. The number of ether oxygens (including phenoxy) is 1. The molecule has 0 saturated carbocycles. The highest BCUT2D eigenvalue weighted by atomic mass is 16.6. The lowest BCUT2D eigenvalue weighted by Gasteiger charge is -1.85. The van der Waals surface area contributed by atoms with Gasteiger partial charge in [-0.1, -0.05) is 6.07 Å².